The van der Waals surface area contributed by atoms with Crippen LogP contribution in [0, 0.1) is 0 Å². The molecule has 0 spiro atoms. The normalized spacial score (nSPS) is 18.2. The highest BCUT2D eigenvalue weighted by atomic mass is 19.1. The first-order valence-corrected chi connectivity index (χ1v) is 4.93. The Bertz CT molecular complexity index is 158. The number of alkyl halides is 1. The number of urea groups is 1. The summed E-state index contributed by atoms with van der Waals surface area (Å²) in [6.45, 7) is -0.392. The highest BCUT2D eigenvalue weighted by Gasteiger charge is 2.14. The van der Waals surface area contributed by atoms with Crippen molar-refractivity contribution >= 4 is 6.03 Å². The molecule has 1 rings (SSSR count). The lowest BCUT2D eigenvalue weighted by molar-refractivity contribution is 0.231. The van der Waals surface area contributed by atoms with E-state index in [0.717, 1.165) is 12.8 Å². The van der Waals surface area contributed by atoms with Crippen LogP contribution in [0.25, 0.3) is 0 Å². The molecule has 0 aromatic carbocycles. The van der Waals surface area contributed by atoms with E-state index in [1.165, 1.54) is 19.3 Å². The van der Waals surface area contributed by atoms with E-state index in [1.807, 2.05) is 0 Å². The van der Waals surface area contributed by atoms with Crippen molar-refractivity contribution in [1.82, 2.24) is 10.6 Å². The van der Waals surface area contributed by atoms with Crippen LogP contribution in [-0.2, 0) is 0 Å². The molecule has 0 aliphatic heterocycles. The standard InChI is InChI=1S/C9H17FN2O/c10-6-7-11-9(13)12-8-4-2-1-3-5-8/h8H,1-7H2,(H2,11,12,13). The van der Waals surface area contributed by atoms with Crippen LogP contribution in [0.2, 0.25) is 0 Å². The van der Waals surface area contributed by atoms with Gasteiger partial charge in [-0.2, -0.15) is 0 Å². The fourth-order valence-corrected chi connectivity index (χ4v) is 1.64. The Labute approximate surface area is 78.1 Å². The first-order chi connectivity index (χ1) is 6.33. The Balaban J connectivity index is 2.11. The number of carbonyl (C=O) groups excluding carboxylic acids is 1. The largest absolute Gasteiger partial charge is 0.336 e. The quantitative estimate of drug-likeness (QED) is 0.693. The second-order valence-electron chi connectivity index (χ2n) is 3.42. The predicted octanol–water partition coefficient (Wildman–Crippen LogP) is 1.59. The Morgan fingerprint density at radius 1 is 1.31 bits per heavy atom. The molecule has 76 valence electrons. The third-order valence-corrected chi connectivity index (χ3v) is 2.32. The first kappa shape index (κ1) is 10.3. The summed E-state index contributed by atoms with van der Waals surface area (Å²) in [5, 5.41) is 5.29. The third-order valence-electron chi connectivity index (χ3n) is 2.32. The minimum atomic E-state index is -0.502. The summed E-state index contributed by atoms with van der Waals surface area (Å²) >= 11 is 0. The fraction of sp³-hybridized carbons (Fsp3) is 0.889. The van der Waals surface area contributed by atoms with Gasteiger partial charge in [0, 0.05) is 12.6 Å². The van der Waals surface area contributed by atoms with Gasteiger partial charge in [-0.05, 0) is 12.8 Å². The van der Waals surface area contributed by atoms with Gasteiger partial charge >= 0.3 is 6.03 Å². The number of hydrogen-bond acceptors (Lipinski definition) is 1. The summed E-state index contributed by atoms with van der Waals surface area (Å²) in [6.07, 6.45) is 5.76. The third kappa shape index (κ3) is 4.10. The lowest BCUT2D eigenvalue weighted by atomic mass is 9.96. The molecule has 0 bridgehead atoms. The van der Waals surface area contributed by atoms with Crippen LogP contribution >= 0.6 is 0 Å². The smallest absolute Gasteiger partial charge is 0.315 e. The molecule has 0 aromatic rings. The summed E-state index contributed by atoms with van der Waals surface area (Å²) in [4.78, 5) is 11.1. The molecular weight excluding hydrogens is 171 g/mol. The second-order valence-corrected chi connectivity index (χ2v) is 3.42. The highest BCUT2D eigenvalue weighted by molar-refractivity contribution is 5.74. The molecule has 1 aliphatic rings. The zero-order chi connectivity index (χ0) is 9.52. The maximum absolute atomic E-state index is 11.7. The van der Waals surface area contributed by atoms with Gasteiger partial charge in [0.25, 0.3) is 0 Å². The van der Waals surface area contributed by atoms with Gasteiger partial charge in [0.1, 0.15) is 6.67 Å². The van der Waals surface area contributed by atoms with Gasteiger partial charge in [-0.1, -0.05) is 19.3 Å². The van der Waals surface area contributed by atoms with Crippen molar-refractivity contribution in [3.05, 3.63) is 0 Å². The molecule has 0 saturated heterocycles. The van der Waals surface area contributed by atoms with Gasteiger partial charge in [0.05, 0.1) is 0 Å². The van der Waals surface area contributed by atoms with Gasteiger partial charge in [0.2, 0.25) is 0 Å². The Morgan fingerprint density at radius 3 is 2.62 bits per heavy atom. The van der Waals surface area contributed by atoms with E-state index >= 15 is 0 Å². The summed E-state index contributed by atoms with van der Waals surface area (Å²) in [5.41, 5.74) is 0. The molecule has 13 heavy (non-hydrogen) atoms. The zero-order valence-electron chi connectivity index (χ0n) is 7.81. The molecule has 3 nitrogen and oxygen atoms in total. The van der Waals surface area contributed by atoms with Crippen molar-refractivity contribution in [3.63, 3.8) is 0 Å². The number of rotatable bonds is 3. The summed E-state index contributed by atoms with van der Waals surface area (Å²) < 4.78 is 11.7. The van der Waals surface area contributed by atoms with Gasteiger partial charge in [-0.25, -0.2) is 9.18 Å². The van der Waals surface area contributed by atoms with E-state index in [-0.39, 0.29) is 12.6 Å². The summed E-state index contributed by atoms with van der Waals surface area (Å²) in [7, 11) is 0. The van der Waals surface area contributed by atoms with Crippen LogP contribution in [0.15, 0.2) is 0 Å². The molecular formula is C9H17FN2O. The molecule has 4 heteroatoms. The van der Waals surface area contributed by atoms with Gasteiger partial charge in [-0.15, -0.1) is 0 Å². The second kappa shape index (κ2) is 5.78. The summed E-state index contributed by atoms with van der Waals surface area (Å²) in [5.74, 6) is 0. The SMILES string of the molecule is O=C(NCCF)NC1CCCCC1. The van der Waals surface area contributed by atoms with Crippen LogP contribution in [0.4, 0.5) is 9.18 Å². The first-order valence-electron chi connectivity index (χ1n) is 4.93. The minimum Gasteiger partial charge on any atom is -0.336 e. The van der Waals surface area contributed by atoms with Crippen molar-refractivity contribution in [2.75, 3.05) is 13.2 Å². The molecule has 0 unspecified atom stereocenters. The molecule has 2 amide bonds. The van der Waals surface area contributed by atoms with E-state index in [9.17, 15) is 9.18 Å². The highest BCUT2D eigenvalue weighted by Crippen LogP contribution is 2.16. The Kier molecular flexibility index (Phi) is 4.57. The maximum Gasteiger partial charge on any atom is 0.315 e. The van der Waals surface area contributed by atoms with Gasteiger partial charge < -0.3 is 10.6 Å². The van der Waals surface area contributed by atoms with E-state index in [4.69, 9.17) is 0 Å². The molecule has 0 radical (unpaired) electrons. The number of nitrogens with one attached hydrogen (secondary N) is 2. The average Bonchev–Trinajstić information content (AvgIpc) is 2.16. The molecule has 1 aliphatic carbocycles. The fourth-order valence-electron chi connectivity index (χ4n) is 1.64. The number of carbonyl (C=O) groups is 1. The van der Waals surface area contributed by atoms with E-state index in [0.29, 0.717) is 6.04 Å². The molecule has 0 heterocycles. The predicted molar refractivity (Wildman–Crippen MR) is 49.4 cm³/mol. The van der Waals surface area contributed by atoms with Crippen LogP contribution in [0.1, 0.15) is 32.1 Å². The molecule has 1 fully saturated rings. The van der Waals surface area contributed by atoms with Crippen molar-refractivity contribution in [2.45, 2.75) is 38.1 Å². The van der Waals surface area contributed by atoms with Crippen molar-refractivity contribution in [3.8, 4) is 0 Å². The monoisotopic (exact) mass is 188 g/mol. The Hall–Kier alpha value is -0.800. The van der Waals surface area contributed by atoms with Crippen molar-refractivity contribution in [2.24, 2.45) is 0 Å². The average molecular weight is 188 g/mol. The molecule has 1 saturated carbocycles. The Morgan fingerprint density at radius 2 is 2.00 bits per heavy atom. The lowest BCUT2D eigenvalue weighted by Crippen LogP contribution is -2.43. The number of amides is 2. The van der Waals surface area contributed by atoms with E-state index in [2.05, 4.69) is 10.6 Å². The van der Waals surface area contributed by atoms with E-state index in [1.54, 1.807) is 0 Å². The van der Waals surface area contributed by atoms with Crippen molar-refractivity contribution < 1.29 is 9.18 Å². The maximum atomic E-state index is 11.7. The van der Waals surface area contributed by atoms with Crippen LogP contribution in [0.5, 0.6) is 0 Å². The molecule has 0 aromatic heterocycles. The van der Waals surface area contributed by atoms with Gasteiger partial charge in [0.15, 0.2) is 0 Å². The number of hydrogen-bond donors (Lipinski definition) is 2. The zero-order valence-corrected chi connectivity index (χ0v) is 7.81. The van der Waals surface area contributed by atoms with Gasteiger partial charge in [-0.3, -0.25) is 0 Å². The van der Waals surface area contributed by atoms with E-state index < -0.39 is 6.67 Å². The summed E-state index contributed by atoms with van der Waals surface area (Å²) in [6, 6.07) is 0.0675. The van der Waals surface area contributed by atoms with Crippen LogP contribution in [0.3, 0.4) is 0 Å². The molecule has 0 atom stereocenters. The topological polar surface area (TPSA) is 41.1 Å². The minimum absolute atomic E-state index is 0.110. The van der Waals surface area contributed by atoms with Crippen LogP contribution < -0.4 is 10.6 Å². The lowest BCUT2D eigenvalue weighted by Gasteiger charge is -2.22. The van der Waals surface area contributed by atoms with Crippen LogP contribution in [-0.4, -0.2) is 25.3 Å². The van der Waals surface area contributed by atoms with Crippen molar-refractivity contribution in [1.29, 1.82) is 0 Å². The number of halogens is 1. The molecule has 2 N–H and O–H groups in total.